The topological polar surface area (TPSA) is 12.0 Å². The molecule has 0 aromatic carbocycles. The van der Waals surface area contributed by atoms with Gasteiger partial charge in [0.1, 0.15) is 0 Å². The molecule has 0 fully saturated rings. The highest BCUT2D eigenvalue weighted by molar-refractivity contribution is 5.85. The lowest BCUT2D eigenvalue weighted by Gasteiger charge is -2.27. The van der Waals surface area contributed by atoms with Crippen molar-refractivity contribution in [1.82, 2.24) is 5.32 Å². The monoisotopic (exact) mass is 157 g/mol. The molecular weight excluding hydrogens is 146 g/mol. The van der Waals surface area contributed by atoms with Gasteiger partial charge in [-0.05, 0) is 12.8 Å². The van der Waals surface area contributed by atoms with E-state index in [1.807, 2.05) is 0 Å². The summed E-state index contributed by atoms with van der Waals surface area (Å²) in [6.45, 7) is 0. The molecular formula is C8H12ClN. The van der Waals surface area contributed by atoms with Gasteiger partial charge in [0.15, 0.2) is 0 Å². The van der Waals surface area contributed by atoms with Crippen molar-refractivity contribution in [2.75, 3.05) is 0 Å². The second-order valence-corrected chi connectivity index (χ2v) is 2.71. The molecule has 0 spiro atoms. The number of hydrogen-bond acceptors (Lipinski definition) is 1. The first-order chi connectivity index (χ1) is 4.45. The molecule has 1 N–H and O–H groups in total. The lowest BCUT2D eigenvalue weighted by molar-refractivity contribution is 0.491. The van der Waals surface area contributed by atoms with Crippen LogP contribution in [0.15, 0.2) is 24.3 Å². The van der Waals surface area contributed by atoms with E-state index in [0.29, 0.717) is 12.1 Å². The second-order valence-electron chi connectivity index (χ2n) is 2.71. The van der Waals surface area contributed by atoms with Gasteiger partial charge in [-0.15, -0.1) is 12.4 Å². The summed E-state index contributed by atoms with van der Waals surface area (Å²) < 4.78 is 0. The summed E-state index contributed by atoms with van der Waals surface area (Å²) >= 11 is 0. The van der Waals surface area contributed by atoms with Crippen LogP contribution in [0.4, 0.5) is 0 Å². The average Bonchev–Trinajstić information content (AvgIpc) is 1.88. The molecule has 2 bridgehead atoms. The Morgan fingerprint density at radius 1 is 1.00 bits per heavy atom. The zero-order valence-electron chi connectivity index (χ0n) is 5.79. The average molecular weight is 158 g/mol. The van der Waals surface area contributed by atoms with Gasteiger partial charge in [-0.1, -0.05) is 24.3 Å². The minimum absolute atomic E-state index is 0. The van der Waals surface area contributed by atoms with Crippen molar-refractivity contribution in [3.8, 4) is 0 Å². The summed E-state index contributed by atoms with van der Waals surface area (Å²) in [6, 6.07) is 1.27. The van der Waals surface area contributed by atoms with Crippen LogP contribution in [0.2, 0.25) is 0 Å². The quantitative estimate of drug-likeness (QED) is 0.528. The number of rotatable bonds is 0. The molecule has 0 aromatic heterocycles. The maximum absolute atomic E-state index is 3.48. The van der Waals surface area contributed by atoms with Crippen LogP contribution < -0.4 is 5.32 Å². The highest BCUT2D eigenvalue weighted by Crippen LogP contribution is 2.13. The lowest BCUT2D eigenvalue weighted by Crippen LogP contribution is -2.40. The molecule has 2 rings (SSSR count). The maximum Gasteiger partial charge on any atom is 0.0290 e. The third kappa shape index (κ3) is 1.41. The van der Waals surface area contributed by atoms with E-state index in [-0.39, 0.29) is 12.4 Å². The summed E-state index contributed by atoms with van der Waals surface area (Å²) in [7, 11) is 0. The van der Waals surface area contributed by atoms with Crippen LogP contribution in [0.1, 0.15) is 12.8 Å². The fourth-order valence-electron chi connectivity index (χ4n) is 1.46. The maximum atomic E-state index is 3.48. The molecule has 2 heteroatoms. The third-order valence-corrected chi connectivity index (χ3v) is 1.94. The van der Waals surface area contributed by atoms with Gasteiger partial charge in [0.05, 0.1) is 0 Å². The first kappa shape index (κ1) is 7.83. The van der Waals surface area contributed by atoms with E-state index >= 15 is 0 Å². The van der Waals surface area contributed by atoms with Crippen molar-refractivity contribution >= 4 is 12.4 Å². The van der Waals surface area contributed by atoms with Crippen LogP contribution in [-0.2, 0) is 0 Å². The van der Waals surface area contributed by atoms with Crippen LogP contribution in [0.3, 0.4) is 0 Å². The van der Waals surface area contributed by atoms with Crippen molar-refractivity contribution in [3.63, 3.8) is 0 Å². The van der Waals surface area contributed by atoms with Crippen LogP contribution in [-0.4, -0.2) is 12.1 Å². The minimum Gasteiger partial charge on any atom is -0.304 e. The van der Waals surface area contributed by atoms with Gasteiger partial charge >= 0.3 is 0 Å². The Balaban J connectivity index is 0.000000500. The lowest BCUT2D eigenvalue weighted by atomic mass is 9.98. The van der Waals surface area contributed by atoms with Gasteiger partial charge < -0.3 is 5.32 Å². The SMILES string of the molecule is C1=C[C@H]2CC=C[C@@H](C1)N2.Cl. The van der Waals surface area contributed by atoms with E-state index in [4.69, 9.17) is 0 Å². The predicted molar refractivity (Wildman–Crippen MR) is 45.5 cm³/mol. The van der Waals surface area contributed by atoms with Crippen LogP contribution in [0, 0.1) is 0 Å². The second kappa shape index (κ2) is 3.22. The van der Waals surface area contributed by atoms with Crippen molar-refractivity contribution in [1.29, 1.82) is 0 Å². The van der Waals surface area contributed by atoms with Gasteiger partial charge in [-0.3, -0.25) is 0 Å². The number of nitrogens with one attached hydrogen (secondary N) is 1. The van der Waals surface area contributed by atoms with Crippen molar-refractivity contribution in [2.24, 2.45) is 0 Å². The standard InChI is InChI=1S/C8H11N.ClH/c1-3-7-5-2-6-8(4-1)9-7;/h1-3,6-9H,4-5H2;1H/t7-,8+;/m0./s1. The molecule has 56 valence electrons. The van der Waals surface area contributed by atoms with E-state index in [2.05, 4.69) is 29.6 Å². The fraction of sp³-hybridized carbons (Fsp3) is 0.500. The van der Waals surface area contributed by atoms with Gasteiger partial charge in [-0.25, -0.2) is 0 Å². The van der Waals surface area contributed by atoms with E-state index in [9.17, 15) is 0 Å². The van der Waals surface area contributed by atoms with E-state index in [1.165, 1.54) is 12.8 Å². The molecule has 1 nitrogen and oxygen atoms in total. The summed E-state index contributed by atoms with van der Waals surface area (Å²) in [6.07, 6.45) is 11.4. The summed E-state index contributed by atoms with van der Waals surface area (Å²) in [5.74, 6) is 0. The Kier molecular flexibility index (Phi) is 2.52. The molecule has 0 aromatic rings. The van der Waals surface area contributed by atoms with E-state index < -0.39 is 0 Å². The Hall–Kier alpha value is -0.270. The molecule has 2 atom stereocenters. The Bertz CT molecular complexity index is 145. The zero-order chi connectivity index (χ0) is 6.10. The third-order valence-electron chi connectivity index (χ3n) is 1.94. The van der Waals surface area contributed by atoms with Crippen LogP contribution in [0.25, 0.3) is 0 Å². The Labute approximate surface area is 67.6 Å². The van der Waals surface area contributed by atoms with Crippen molar-refractivity contribution in [2.45, 2.75) is 24.9 Å². The van der Waals surface area contributed by atoms with Gasteiger partial charge in [0.25, 0.3) is 0 Å². The molecule has 2 heterocycles. The van der Waals surface area contributed by atoms with E-state index in [0.717, 1.165) is 0 Å². The molecule has 0 radical (unpaired) electrons. The zero-order valence-corrected chi connectivity index (χ0v) is 6.60. The molecule has 2 aliphatic heterocycles. The molecule has 0 saturated heterocycles. The molecule has 2 aliphatic rings. The summed E-state index contributed by atoms with van der Waals surface area (Å²) in [5, 5.41) is 3.48. The van der Waals surface area contributed by atoms with Gasteiger partial charge in [-0.2, -0.15) is 0 Å². The number of hydrogen-bond donors (Lipinski definition) is 1. The summed E-state index contributed by atoms with van der Waals surface area (Å²) in [4.78, 5) is 0. The van der Waals surface area contributed by atoms with Crippen LogP contribution >= 0.6 is 12.4 Å². The van der Waals surface area contributed by atoms with E-state index in [1.54, 1.807) is 0 Å². The Morgan fingerprint density at radius 3 is 1.90 bits per heavy atom. The molecule has 0 amide bonds. The molecule has 0 aliphatic carbocycles. The first-order valence-electron chi connectivity index (χ1n) is 3.54. The van der Waals surface area contributed by atoms with Crippen LogP contribution in [0.5, 0.6) is 0 Å². The number of halogens is 1. The normalized spacial score (nSPS) is 35.2. The molecule has 10 heavy (non-hydrogen) atoms. The predicted octanol–water partition coefficient (Wildman–Crippen LogP) is 1.65. The Morgan fingerprint density at radius 2 is 1.50 bits per heavy atom. The fourth-order valence-corrected chi connectivity index (χ4v) is 1.46. The summed E-state index contributed by atoms with van der Waals surface area (Å²) in [5.41, 5.74) is 0. The molecule has 0 saturated carbocycles. The first-order valence-corrected chi connectivity index (χ1v) is 3.54. The van der Waals surface area contributed by atoms with Crippen molar-refractivity contribution in [3.05, 3.63) is 24.3 Å². The highest BCUT2D eigenvalue weighted by atomic mass is 35.5. The van der Waals surface area contributed by atoms with Gasteiger partial charge in [0, 0.05) is 12.1 Å². The highest BCUT2D eigenvalue weighted by Gasteiger charge is 2.15. The minimum atomic E-state index is 0. The largest absolute Gasteiger partial charge is 0.304 e. The molecule has 0 unspecified atom stereocenters. The van der Waals surface area contributed by atoms with Gasteiger partial charge in [0.2, 0.25) is 0 Å². The smallest absolute Gasteiger partial charge is 0.0290 e. The number of fused-ring (bicyclic) bond motifs is 2. The van der Waals surface area contributed by atoms with Crippen molar-refractivity contribution < 1.29 is 0 Å².